The molecule has 2 heterocycles. The van der Waals surface area contributed by atoms with Crippen molar-refractivity contribution in [3.05, 3.63) is 57.6 Å². The van der Waals surface area contributed by atoms with Gasteiger partial charge in [0.15, 0.2) is 11.1 Å². The van der Waals surface area contributed by atoms with Gasteiger partial charge in [0.25, 0.3) is 5.91 Å². The quantitative estimate of drug-likeness (QED) is 0.676. The summed E-state index contributed by atoms with van der Waals surface area (Å²) in [5, 5.41) is 7.55. The van der Waals surface area contributed by atoms with Crippen LogP contribution in [0.3, 0.4) is 0 Å². The molecular weight excluding hydrogens is 306 g/mol. The van der Waals surface area contributed by atoms with Crippen LogP contribution in [0, 0.1) is 13.8 Å². The van der Waals surface area contributed by atoms with Crippen molar-refractivity contribution in [1.82, 2.24) is 14.8 Å². The summed E-state index contributed by atoms with van der Waals surface area (Å²) in [4.78, 5) is 27.5. The van der Waals surface area contributed by atoms with Crippen molar-refractivity contribution in [3.63, 3.8) is 0 Å². The van der Waals surface area contributed by atoms with Crippen LogP contribution >= 0.6 is 0 Å². The number of aromatic nitrogens is 3. The normalized spacial score (nSPS) is 11.0. The first kappa shape index (κ1) is 15.9. The largest absolute Gasteiger partial charge is 0.358 e. The number of amides is 1. The van der Waals surface area contributed by atoms with Crippen LogP contribution in [0.1, 0.15) is 21.9 Å². The lowest BCUT2D eigenvalue weighted by molar-refractivity contribution is 0.102. The van der Waals surface area contributed by atoms with Crippen LogP contribution < -0.4 is 16.5 Å². The zero-order valence-corrected chi connectivity index (χ0v) is 13.6. The third-order valence-corrected chi connectivity index (χ3v) is 3.78. The SMILES string of the molecule is Cc1cc(=O)c2cc(NC(=O)c3cc(C)n(CCN)n3)ccc2[nH]1. The van der Waals surface area contributed by atoms with E-state index in [9.17, 15) is 9.59 Å². The number of nitrogens with zero attached hydrogens (tertiary/aromatic N) is 2. The molecule has 7 nitrogen and oxygen atoms in total. The first-order valence-electron chi connectivity index (χ1n) is 7.67. The number of aryl methyl sites for hydroxylation is 2. The molecule has 0 spiro atoms. The minimum absolute atomic E-state index is 0.0829. The number of nitrogens with one attached hydrogen (secondary N) is 2. The van der Waals surface area contributed by atoms with E-state index >= 15 is 0 Å². The Labute approximate surface area is 138 Å². The molecule has 1 aromatic carbocycles. The van der Waals surface area contributed by atoms with Crippen molar-refractivity contribution in [1.29, 1.82) is 0 Å². The molecule has 0 saturated heterocycles. The van der Waals surface area contributed by atoms with Gasteiger partial charge in [-0.25, -0.2) is 0 Å². The molecule has 7 heteroatoms. The zero-order valence-electron chi connectivity index (χ0n) is 13.6. The Balaban J connectivity index is 1.88. The summed E-state index contributed by atoms with van der Waals surface area (Å²) in [5.41, 5.74) is 8.71. The Morgan fingerprint density at radius 1 is 1.29 bits per heavy atom. The van der Waals surface area contributed by atoms with E-state index in [1.165, 1.54) is 6.07 Å². The van der Waals surface area contributed by atoms with E-state index in [1.54, 1.807) is 28.9 Å². The number of H-pyrrole nitrogens is 1. The maximum absolute atomic E-state index is 12.4. The fourth-order valence-electron chi connectivity index (χ4n) is 2.62. The predicted octanol–water partition coefficient (Wildman–Crippen LogP) is 1.55. The highest BCUT2D eigenvalue weighted by Gasteiger charge is 2.13. The monoisotopic (exact) mass is 325 g/mol. The maximum atomic E-state index is 12.4. The molecule has 1 amide bonds. The molecule has 0 unspecified atom stereocenters. The first-order valence-corrected chi connectivity index (χ1v) is 7.67. The van der Waals surface area contributed by atoms with Gasteiger partial charge in [-0.05, 0) is 38.1 Å². The molecule has 4 N–H and O–H groups in total. The molecule has 2 aromatic heterocycles. The van der Waals surface area contributed by atoms with Gasteiger partial charge in [0, 0.05) is 40.6 Å². The minimum atomic E-state index is -0.322. The van der Waals surface area contributed by atoms with Crippen LogP contribution in [-0.2, 0) is 6.54 Å². The van der Waals surface area contributed by atoms with Gasteiger partial charge in [0.05, 0.1) is 6.54 Å². The van der Waals surface area contributed by atoms with E-state index in [1.807, 2.05) is 13.8 Å². The van der Waals surface area contributed by atoms with Crippen molar-refractivity contribution in [2.45, 2.75) is 20.4 Å². The van der Waals surface area contributed by atoms with Crippen molar-refractivity contribution in [2.24, 2.45) is 5.73 Å². The molecule has 0 fully saturated rings. The summed E-state index contributed by atoms with van der Waals surface area (Å²) in [5.74, 6) is -0.322. The number of benzene rings is 1. The molecule has 0 aliphatic carbocycles. The van der Waals surface area contributed by atoms with Gasteiger partial charge in [-0.3, -0.25) is 14.3 Å². The predicted molar refractivity (Wildman–Crippen MR) is 93.3 cm³/mol. The molecule has 24 heavy (non-hydrogen) atoms. The Morgan fingerprint density at radius 2 is 2.08 bits per heavy atom. The molecule has 0 bridgehead atoms. The Bertz CT molecular complexity index is 971. The van der Waals surface area contributed by atoms with Crippen LogP contribution in [0.15, 0.2) is 35.1 Å². The molecular formula is C17H19N5O2. The summed E-state index contributed by atoms with van der Waals surface area (Å²) in [6.45, 7) is 4.72. The van der Waals surface area contributed by atoms with Gasteiger partial charge in [-0.15, -0.1) is 0 Å². The van der Waals surface area contributed by atoms with Gasteiger partial charge in [-0.2, -0.15) is 5.10 Å². The first-order chi connectivity index (χ1) is 11.5. The molecule has 124 valence electrons. The standard InChI is InChI=1S/C17H19N5O2/c1-10-7-16(23)13-9-12(3-4-14(13)19-10)20-17(24)15-8-11(2)22(21-15)6-5-18/h3-4,7-9H,5-6,18H2,1-2H3,(H,19,23)(H,20,24). The average molecular weight is 325 g/mol. The second-order valence-electron chi connectivity index (χ2n) is 5.71. The molecule has 0 saturated carbocycles. The maximum Gasteiger partial charge on any atom is 0.276 e. The van der Waals surface area contributed by atoms with Crippen LogP contribution in [-0.4, -0.2) is 27.2 Å². The summed E-state index contributed by atoms with van der Waals surface area (Å²) < 4.78 is 1.70. The van der Waals surface area contributed by atoms with Crippen LogP contribution in [0.4, 0.5) is 5.69 Å². The van der Waals surface area contributed by atoms with E-state index in [0.717, 1.165) is 16.9 Å². The highest BCUT2D eigenvalue weighted by molar-refractivity contribution is 6.03. The molecule has 0 atom stereocenters. The zero-order chi connectivity index (χ0) is 17.3. The number of carbonyl (C=O) groups excluding carboxylic acids is 1. The van der Waals surface area contributed by atoms with Crippen molar-refractivity contribution in [2.75, 3.05) is 11.9 Å². The smallest absolute Gasteiger partial charge is 0.276 e. The second kappa shape index (κ2) is 6.29. The number of nitrogens with two attached hydrogens (primary N) is 1. The number of aromatic amines is 1. The molecule has 0 aliphatic heterocycles. The highest BCUT2D eigenvalue weighted by Crippen LogP contribution is 2.16. The third kappa shape index (κ3) is 3.07. The van der Waals surface area contributed by atoms with Gasteiger partial charge in [-0.1, -0.05) is 0 Å². The van der Waals surface area contributed by atoms with E-state index in [0.29, 0.717) is 29.9 Å². The van der Waals surface area contributed by atoms with E-state index in [-0.39, 0.29) is 11.3 Å². The van der Waals surface area contributed by atoms with Gasteiger partial charge >= 0.3 is 0 Å². The number of hydrogen-bond donors (Lipinski definition) is 3. The molecule has 0 aliphatic rings. The van der Waals surface area contributed by atoms with E-state index in [4.69, 9.17) is 5.73 Å². The lowest BCUT2D eigenvalue weighted by Gasteiger charge is -2.06. The van der Waals surface area contributed by atoms with Crippen molar-refractivity contribution < 1.29 is 4.79 Å². The summed E-state index contributed by atoms with van der Waals surface area (Å²) in [6.07, 6.45) is 0. The lowest BCUT2D eigenvalue weighted by Crippen LogP contribution is -2.16. The van der Waals surface area contributed by atoms with Crippen LogP contribution in [0.25, 0.3) is 10.9 Å². The number of pyridine rings is 1. The molecule has 3 rings (SSSR count). The summed E-state index contributed by atoms with van der Waals surface area (Å²) >= 11 is 0. The Hall–Kier alpha value is -2.93. The number of rotatable bonds is 4. The van der Waals surface area contributed by atoms with Crippen molar-refractivity contribution >= 4 is 22.5 Å². The topological polar surface area (TPSA) is 106 Å². The minimum Gasteiger partial charge on any atom is -0.358 e. The van der Waals surface area contributed by atoms with Gasteiger partial charge < -0.3 is 16.0 Å². The Kier molecular flexibility index (Phi) is 4.18. The fourth-order valence-corrected chi connectivity index (χ4v) is 2.62. The van der Waals surface area contributed by atoms with E-state index < -0.39 is 0 Å². The van der Waals surface area contributed by atoms with E-state index in [2.05, 4.69) is 15.4 Å². The number of anilines is 1. The summed E-state index contributed by atoms with van der Waals surface area (Å²) in [6, 6.07) is 8.43. The third-order valence-electron chi connectivity index (χ3n) is 3.78. The van der Waals surface area contributed by atoms with Crippen LogP contribution in [0.5, 0.6) is 0 Å². The molecule has 0 radical (unpaired) electrons. The number of hydrogen-bond acceptors (Lipinski definition) is 4. The molecule has 3 aromatic rings. The number of fused-ring (bicyclic) bond motifs is 1. The fraction of sp³-hybridized carbons (Fsp3) is 0.235. The van der Waals surface area contributed by atoms with Crippen molar-refractivity contribution in [3.8, 4) is 0 Å². The average Bonchev–Trinajstić information content (AvgIpc) is 2.89. The van der Waals surface area contributed by atoms with Gasteiger partial charge in [0.1, 0.15) is 0 Å². The highest BCUT2D eigenvalue weighted by atomic mass is 16.2. The lowest BCUT2D eigenvalue weighted by atomic mass is 10.1. The van der Waals surface area contributed by atoms with Crippen LogP contribution in [0.2, 0.25) is 0 Å². The Morgan fingerprint density at radius 3 is 2.83 bits per heavy atom. The number of carbonyl (C=O) groups is 1. The van der Waals surface area contributed by atoms with Gasteiger partial charge in [0.2, 0.25) is 0 Å². The summed E-state index contributed by atoms with van der Waals surface area (Å²) in [7, 11) is 0. The second-order valence-corrected chi connectivity index (χ2v) is 5.71.